The Kier molecular flexibility index (Phi) is 15.8. The lowest BCUT2D eigenvalue weighted by Crippen LogP contribution is -2.54. The molecule has 59 heavy (non-hydrogen) atoms. The van der Waals surface area contributed by atoms with Crippen molar-refractivity contribution in [3.8, 4) is 11.8 Å². The number of aryl methyl sites for hydroxylation is 2. The molecule has 4 aliphatic rings. The van der Waals surface area contributed by atoms with Crippen LogP contribution in [0.3, 0.4) is 0 Å². The zero-order chi connectivity index (χ0) is 42.6. The Morgan fingerprint density at radius 3 is 2.29 bits per heavy atom. The number of carbonyl (C=O) groups is 5. The molecular weight excluding hydrogens is 774 g/mol. The number of halogens is 1. The number of imide groups is 2. The Morgan fingerprint density at radius 2 is 1.66 bits per heavy atom. The van der Waals surface area contributed by atoms with Gasteiger partial charge in [0.2, 0.25) is 18.2 Å². The van der Waals surface area contributed by atoms with Gasteiger partial charge in [0.05, 0.1) is 22.1 Å². The largest absolute Gasteiger partial charge is 0.508 e. The van der Waals surface area contributed by atoms with Crippen LogP contribution in [-0.4, -0.2) is 108 Å². The number of likely N-dealkylation sites (tertiary alicyclic amines) is 1. The molecule has 6 rings (SSSR count). The van der Waals surface area contributed by atoms with E-state index in [-0.39, 0.29) is 41.3 Å². The molecule has 0 bridgehead atoms. The Bertz CT molecular complexity index is 1980. The molecule has 0 aromatic heterocycles. The van der Waals surface area contributed by atoms with Crippen LogP contribution in [0.5, 0.6) is 5.75 Å². The van der Waals surface area contributed by atoms with E-state index in [1.165, 1.54) is 24.6 Å². The van der Waals surface area contributed by atoms with Crippen molar-refractivity contribution in [1.29, 1.82) is 5.26 Å². The predicted octanol–water partition coefficient (Wildman–Crippen LogP) is 3.55. The van der Waals surface area contributed by atoms with Crippen molar-refractivity contribution in [1.82, 2.24) is 25.3 Å². The fourth-order valence-electron chi connectivity index (χ4n) is 8.10. The number of amides is 5. The van der Waals surface area contributed by atoms with Gasteiger partial charge in [-0.3, -0.25) is 39.1 Å². The number of anilines is 1. The van der Waals surface area contributed by atoms with Crippen LogP contribution in [0.15, 0.2) is 54.0 Å². The van der Waals surface area contributed by atoms with Gasteiger partial charge >= 0.3 is 0 Å². The molecule has 1 unspecified atom stereocenters. The molecule has 16 heteroatoms. The smallest absolute Gasteiger partial charge is 0.267 e. The van der Waals surface area contributed by atoms with E-state index < -0.39 is 23.8 Å². The van der Waals surface area contributed by atoms with E-state index >= 15 is 0 Å². The number of phenolic OH excluding ortho intramolecular Hbond substituents is 1. The average Bonchev–Trinajstić information content (AvgIpc) is 3.22. The zero-order valence-electron chi connectivity index (χ0n) is 33.9. The van der Waals surface area contributed by atoms with Gasteiger partial charge < -0.3 is 31.7 Å². The summed E-state index contributed by atoms with van der Waals surface area (Å²) in [5, 5.41) is 22.8. The standard InChI is InChI=1S/C36H52N8O5.C7H4ClNO/c1-24-21-31(25(2)20-28(24)36(49)44(23-45)30-9-11-33(46)40-35(30)48)42-18-16-41(17-19-42)22-26-12-14-43(15-13-26)32(38)10-8-29(37)34(47)39-27-6-4-3-5-7-27;8-7-3-6(10)2-1-5(7)4-9/h8,10,20-21,23,26-27,30H,3-7,9,11-19,22,37-38H2,1-2H3,(H,39,47)(H,40,46,48);1-3,10H/b29-8-,32-10+;. The van der Waals surface area contributed by atoms with Crippen LogP contribution in [0.2, 0.25) is 5.02 Å². The van der Waals surface area contributed by atoms with Crippen molar-refractivity contribution in [3.63, 3.8) is 0 Å². The number of benzene rings is 2. The average molecular weight is 830 g/mol. The molecule has 7 N–H and O–H groups in total. The number of piperidine rings is 2. The highest BCUT2D eigenvalue weighted by molar-refractivity contribution is 6.31. The fourth-order valence-corrected chi connectivity index (χ4v) is 8.32. The molecule has 5 amide bonds. The molecule has 1 aliphatic carbocycles. The second-order valence-corrected chi connectivity index (χ2v) is 16.2. The van der Waals surface area contributed by atoms with Crippen LogP contribution < -0.4 is 27.0 Å². The lowest BCUT2D eigenvalue weighted by molar-refractivity contribution is -0.139. The first-order valence-corrected chi connectivity index (χ1v) is 20.7. The van der Waals surface area contributed by atoms with Gasteiger partial charge in [-0.15, -0.1) is 0 Å². The lowest BCUT2D eigenvalue weighted by Gasteiger charge is -2.40. The van der Waals surface area contributed by atoms with Crippen LogP contribution >= 0.6 is 11.6 Å². The third-order valence-corrected chi connectivity index (χ3v) is 11.9. The van der Waals surface area contributed by atoms with Crippen molar-refractivity contribution >= 4 is 47.3 Å². The van der Waals surface area contributed by atoms with E-state index in [9.17, 15) is 24.0 Å². The first kappa shape index (κ1) is 44.5. The summed E-state index contributed by atoms with van der Waals surface area (Å²) in [6.45, 7) is 10.2. The third-order valence-electron chi connectivity index (χ3n) is 11.6. The molecule has 1 saturated carbocycles. The third kappa shape index (κ3) is 12.0. The molecule has 0 radical (unpaired) electrons. The van der Waals surface area contributed by atoms with Gasteiger partial charge in [0, 0.05) is 69.5 Å². The van der Waals surface area contributed by atoms with E-state index in [1.54, 1.807) is 18.2 Å². The summed E-state index contributed by atoms with van der Waals surface area (Å²) in [6, 6.07) is 9.11. The van der Waals surface area contributed by atoms with Gasteiger partial charge in [-0.2, -0.15) is 5.26 Å². The zero-order valence-corrected chi connectivity index (χ0v) is 34.7. The first-order valence-electron chi connectivity index (χ1n) is 20.4. The van der Waals surface area contributed by atoms with Gasteiger partial charge in [-0.1, -0.05) is 30.9 Å². The number of aromatic hydroxyl groups is 1. The number of rotatable bonds is 10. The van der Waals surface area contributed by atoms with Gasteiger partial charge in [0.15, 0.2) is 0 Å². The van der Waals surface area contributed by atoms with E-state index in [2.05, 4.69) is 25.3 Å². The molecule has 4 fully saturated rings. The molecule has 1 atom stereocenters. The van der Waals surface area contributed by atoms with Crippen molar-refractivity contribution in [2.24, 2.45) is 17.4 Å². The molecule has 2 aromatic carbocycles. The summed E-state index contributed by atoms with van der Waals surface area (Å²) in [5.74, 6) is -0.503. The number of nitriles is 1. The van der Waals surface area contributed by atoms with Gasteiger partial charge in [0.25, 0.3) is 11.8 Å². The Labute approximate surface area is 351 Å². The highest BCUT2D eigenvalue weighted by atomic mass is 35.5. The normalized spacial score (nSPS) is 19.9. The van der Waals surface area contributed by atoms with E-state index in [0.717, 1.165) is 106 Å². The monoisotopic (exact) mass is 829 g/mol. The summed E-state index contributed by atoms with van der Waals surface area (Å²) in [5.41, 5.74) is 16.1. The summed E-state index contributed by atoms with van der Waals surface area (Å²) >= 11 is 5.55. The van der Waals surface area contributed by atoms with Crippen LogP contribution in [0.25, 0.3) is 0 Å². The number of hydrogen-bond donors (Lipinski definition) is 5. The van der Waals surface area contributed by atoms with Crippen LogP contribution in [0.1, 0.15) is 84.8 Å². The second kappa shape index (κ2) is 20.9. The second-order valence-electron chi connectivity index (χ2n) is 15.8. The predicted molar refractivity (Wildman–Crippen MR) is 225 cm³/mol. The number of carbonyl (C=O) groups excluding carboxylic acids is 5. The van der Waals surface area contributed by atoms with Crippen molar-refractivity contribution in [2.75, 3.05) is 50.7 Å². The minimum absolute atomic E-state index is 0.0731. The number of phenols is 1. The Hall–Kier alpha value is -5.59. The SMILES string of the molecule is Cc1cc(N2CCN(CC3CCN(/C(N)=C/C=C(\N)C(=O)NC4CCCCC4)CC3)CC2)c(C)cc1C(=O)N(C=O)C1CCC(=O)NC1=O.N#Cc1ccc(O)cc1Cl. The van der Waals surface area contributed by atoms with E-state index in [0.29, 0.717) is 29.3 Å². The van der Waals surface area contributed by atoms with E-state index in [4.69, 9.17) is 33.4 Å². The van der Waals surface area contributed by atoms with Gasteiger partial charge in [-0.25, -0.2) is 0 Å². The van der Waals surface area contributed by atoms with Crippen molar-refractivity contribution < 1.29 is 29.1 Å². The first-order chi connectivity index (χ1) is 28.3. The summed E-state index contributed by atoms with van der Waals surface area (Å²) in [4.78, 5) is 69.5. The number of nitrogens with two attached hydrogens (primary N) is 2. The maximum Gasteiger partial charge on any atom is 0.267 e. The number of allylic oxidation sites excluding steroid dienone is 2. The minimum Gasteiger partial charge on any atom is -0.508 e. The highest BCUT2D eigenvalue weighted by Crippen LogP contribution is 2.28. The van der Waals surface area contributed by atoms with E-state index in [1.807, 2.05) is 26.0 Å². The van der Waals surface area contributed by atoms with Gasteiger partial charge in [-0.05, 0) is 105 Å². The van der Waals surface area contributed by atoms with Crippen molar-refractivity contribution in [3.05, 3.63) is 81.3 Å². The number of piperazine rings is 1. The minimum atomic E-state index is -0.997. The molecule has 0 spiro atoms. The molecule has 3 heterocycles. The quantitative estimate of drug-likeness (QED) is 0.101. The number of nitrogens with zero attached hydrogens (tertiary/aromatic N) is 5. The number of hydrogen-bond acceptors (Lipinski definition) is 12. The van der Waals surface area contributed by atoms with Crippen LogP contribution in [0.4, 0.5) is 5.69 Å². The van der Waals surface area contributed by atoms with Crippen LogP contribution in [0, 0.1) is 31.1 Å². The molecule has 2 aromatic rings. The highest BCUT2D eigenvalue weighted by Gasteiger charge is 2.35. The topological polar surface area (TPSA) is 218 Å². The summed E-state index contributed by atoms with van der Waals surface area (Å²) < 4.78 is 0. The number of nitrogens with one attached hydrogen (secondary N) is 2. The summed E-state index contributed by atoms with van der Waals surface area (Å²) in [7, 11) is 0. The Balaban J connectivity index is 0.000000578. The van der Waals surface area contributed by atoms with Crippen LogP contribution in [-0.2, 0) is 19.2 Å². The molecule has 3 aliphatic heterocycles. The fraction of sp³-hybridized carbons (Fsp3) is 0.488. The molecular formula is C43H56ClN9O6. The summed E-state index contributed by atoms with van der Waals surface area (Å²) in [6.07, 6.45) is 11.6. The van der Waals surface area contributed by atoms with Gasteiger partial charge in [0.1, 0.15) is 17.9 Å². The molecule has 316 valence electrons. The lowest BCUT2D eigenvalue weighted by atomic mass is 9.95. The molecule has 3 saturated heterocycles. The molecule has 15 nitrogen and oxygen atoms in total. The van der Waals surface area contributed by atoms with Crippen molar-refractivity contribution in [2.45, 2.75) is 83.7 Å². The Morgan fingerprint density at radius 1 is 0.966 bits per heavy atom. The maximum atomic E-state index is 13.4. The maximum absolute atomic E-state index is 13.4.